The van der Waals surface area contributed by atoms with Gasteiger partial charge >= 0.3 is 0 Å². The molecule has 0 heterocycles. The first-order chi connectivity index (χ1) is 8.71. The molecule has 6 heteroatoms. The third-order valence-electron chi connectivity index (χ3n) is 2.80. The molecule has 1 atom stereocenters. The standard InChI is InChI=1S/C13H30N2O3S/c1-11(2)10-15(7-8-18-6)19(16,17)13(5)9-14-12(3)4/h11-14H,7-10H2,1-6H3. The Hall–Kier alpha value is -0.170. The number of sulfonamides is 1. The van der Waals surface area contributed by atoms with Crippen molar-refractivity contribution in [2.24, 2.45) is 5.92 Å². The van der Waals surface area contributed by atoms with E-state index in [2.05, 4.69) is 5.32 Å². The summed E-state index contributed by atoms with van der Waals surface area (Å²) in [5, 5.41) is 2.75. The van der Waals surface area contributed by atoms with Crippen molar-refractivity contribution in [1.82, 2.24) is 9.62 Å². The molecule has 0 rings (SSSR count). The molecule has 0 aromatic rings. The fourth-order valence-electron chi connectivity index (χ4n) is 1.68. The summed E-state index contributed by atoms with van der Waals surface area (Å²) in [7, 11) is -1.69. The van der Waals surface area contributed by atoms with Crippen LogP contribution in [0.15, 0.2) is 0 Å². The number of nitrogens with zero attached hydrogens (tertiary/aromatic N) is 1. The highest BCUT2D eigenvalue weighted by atomic mass is 32.2. The van der Waals surface area contributed by atoms with Crippen molar-refractivity contribution in [3.63, 3.8) is 0 Å². The molecular formula is C13H30N2O3S. The number of methoxy groups -OCH3 is 1. The first-order valence-electron chi connectivity index (χ1n) is 6.93. The monoisotopic (exact) mass is 294 g/mol. The van der Waals surface area contributed by atoms with Gasteiger partial charge in [-0.3, -0.25) is 0 Å². The van der Waals surface area contributed by atoms with Gasteiger partial charge in [-0.05, 0) is 12.8 Å². The SMILES string of the molecule is COCCN(CC(C)C)S(=O)(=O)C(C)CNC(C)C. The maximum Gasteiger partial charge on any atom is 0.218 e. The first kappa shape index (κ1) is 18.8. The first-order valence-corrected chi connectivity index (χ1v) is 8.43. The van der Waals surface area contributed by atoms with E-state index in [1.165, 1.54) is 0 Å². The minimum atomic E-state index is -3.27. The van der Waals surface area contributed by atoms with E-state index in [1.807, 2.05) is 27.7 Å². The maximum absolute atomic E-state index is 12.5. The average Bonchev–Trinajstić information content (AvgIpc) is 2.30. The minimum Gasteiger partial charge on any atom is -0.383 e. The van der Waals surface area contributed by atoms with E-state index in [-0.39, 0.29) is 6.04 Å². The average molecular weight is 294 g/mol. The van der Waals surface area contributed by atoms with Crippen molar-refractivity contribution in [3.8, 4) is 0 Å². The molecule has 0 spiro atoms. The molecule has 0 saturated heterocycles. The van der Waals surface area contributed by atoms with Crippen LogP contribution in [-0.2, 0) is 14.8 Å². The summed E-state index contributed by atoms with van der Waals surface area (Å²) in [5.41, 5.74) is 0. The van der Waals surface area contributed by atoms with Gasteiger partial charge in [-0.15, -0.1) is 0 Å². The molecule has 0 fully saturated rings. The van der Waals surface area contributed by atoms with Crippen LogP contribution < -0.4 is 5.32 Å². The van der Waals surface area contributed by atoms with Gasteiger partial charge in [0.05, 0.1) is 11.9 Å². The van der Waals surface area contributed by atoms with Gasteiger partial charge in [0.15, 0.2) is 0 Å². The predicted molar refractivity (Wildman–Crippen MR) is 79.8 cm³/mol. The predicted octanol–water partition coefficient (Wildman–Crippen LogP) is 1.31. The Kier molecular flexibility index (Phi) is 8.81. The molecular weight excluding hydrogens is 264 g/mol. The Bertz CT molecular complexity index is 329. The zero-order chi connectivity index (χ0) is 15.1. The summed E-state index contributed by atoms with van der Waals surface area (Å²) in [5.74, 6) is 0.303. The molecule has 0 aromatic carbocycles. The Morgan fingerprint density at radius 1 is 1.16 bits per heavy atom. The molecule has 0 saturated carbocycles. The lowest BCUT2D eigenvalue weighted by atomic mass is 10.2. The molecule has 19 heavy (non-hydrogen) atoms. The molecule has 0 aromatic heterocycles. The second-order valence-corrected chi connectivity index (χ2v) is 8.01. The number of ether oxygens (including phenoxy) is 1. The van der Waals surface area contributed by atoms with E-state index in [9.17, 15) is 8.42 Å². The Labute approximate surface area is 118 Å². The van der Waals surface area contributed by atoms with Crippen molar-refractivity contribution in [2.75, 3.05) is 33.4 Å². The number of hydrogen-bond donors (Lipinski definition) is 1. The van der Waals surface area contributed by atoms with E-state index < -0.39 is 15.3 Å². The molecule has 0 aliphatic carbocycles. The van der Waals surface area contributed by atoms with Gasteiger partial charge in [0, 0.05) is 32.8 Å². The highest BCUT2D eigenvalue weighted by molar-refractivity contribution is 7.89. The minimum absolute atomic E-state index is 0.287. The van der Waals surface area contributed by atoms with Crippen LogP contribution in [-0.4, -0.2) is 57.4 Å². The second-order valence-electron chi connectivity index (χ2n) is 5.66. The zero-order valence-electron chi connectivity index (χ0n) is 13.1. The van der Waals surface area contributed by atoms with Gasteiger partial charge < -0.3 is 10.1 Å². The summed E-state index contributed by atoms with van der Waals surface area (Å²) in [6.07, 6.45) is 0. The van der Waals surface area contributed by atoms with E-state index >= 15 is 0 Å². The van der Waals surface area contributed by atoms with Crippen molar-refractivity contribution >= 4 is 10.0 Å². The van der Waals surface area contributed by atoms with Gasteiger partial charge in [-0.25, -0.2) is 8.42 Å². The van der Waals surface area contributed by atoms with Gasteiger partial charge in [0.1, 0.15) is 0 Å². The molecule has 1 unspecified atom stereocenters. The number of hydrogen-bond acceptors (Lipinski definition) is 4. The Morgan fingerprint density at radius 3 is 2.16 bits per heavy atom. The molecule has 116 valence electrons. The van der Waals surface area contributed by atoms with Crippen LogP contribution in [0.4, 0.5) is 0 Å². The van der Waals surface area contributed by atoms with Gasteiger partial charge in [0.2, 0.25) is 10.0 Å². The summed E-state index contributed by atoms with van der Waals surface area (Å²) in [6, 6.07) is 0.287. The molecule has 0 bridgehead atoms. The van der Waals surface area contributed by atoms with Crippen LogP contribution in [0, 0.1) is 5.92 Å². The second kappa shape index (κ2) is 8.89. The van der Waals surface area contributed by atoms with E-state index in [4.69, 9.17) is 4.74 Å². The largest absolute Gasteiger partial charge is 0.383 e. The van der Waals surface area contributed by atoms with Crippen molar-refractivity contribution in [2.45, 2.75) is 45.9 Å². The maximum atomic E-state index is 12.5. The summed E-state index contributed by atoms with van der Waals surface area (Å²) in [4.78, 5) is 0. The van der Waals surface area contributed by atoms with Crippen LogP contribution in [0.5, 0.6) is 0 Å². The highest BCUT2D eigenvalue weighted by Crippen LogP contribution is 2.11. The summed E-state index contributed by atoms with van der Waals surface area (Å²) in [6.45, 7) is 11.7. The Morgan fingerprint density at radius 2 is 1.74 bits per heavy atom. The molecule has 1 N–H and O–H groups in total. The van der Waals surface area contributed by atoms with Crippen LogP contribution >= 0.6 is 0 Å². The van der Waals surface area contributed by atoms with Crippen LogP contribution in [0.2, 0.25) is 0 Å². The van der Waals surface area contributed by atoms with E-state index in [0.717, 1.165) is 0 Å². The zero-order valence-corrected chi connectivity index (χ0v) is 14.0. The molecule has 0 aliphatic rings. The quantitative estimate of drug-likeness (QED) is 0.660. The fraction of sp³-hybridized carbons (Fsp3) is 1.00. The van der Waals surface area contributed by atoms with Crippen LogP contribution in [0.3, 0.4) is 0 Å². The van der Waals surface area contributed by atoms with E-state index in [1.54, 1.807) is 18.3 Å². The lowest BCUT2D eigenvalue weighted by molar-refractivity contribution is 0.175. The third-order valence-corrected chi connectivity index (χ3v) is 5.03. The normalized spacial score (nSPS) is 14.6. The summed E-state index contributed by atoms with van der Waals surface area (Å²) >= 11 is 0. The Balaban J connectivity index is 4.74. The van der Waals surface area contributed by atoms with Crippen LogP contribution in [0.1, 0.15) is 34.6 Å². The number of nitrogens with one attached hydrogen (secondary N) is 1. The third kappa shape index (κ3) is 7.25. The molecule has 5 nitrogen and oxygen atoms in total. The van der Waals surface area contributed by atoms with Gasteiger partial charge in [-0.1, -0.05) is 27.7 Å². The molecule has 0 amide bonds. The van der Waals surface area contributed by atoms with Gasteiger partial charge in [-0.2, -0.15) is 4.31 Å². The lowest BCUT2D eigenvalue weighted by Gasteiger charge is -2.27. The topological polar surface area (TPSA) is 58.6 Å². The van der Waals surface area contributed by atoms with Gasteiger partial charge in [0.25, 0.3) is 0 Å². The van der Waals surface area contributed by atoms with Crippen molar-refractivity contribution in [1.29, 1.82) is 0 Å². The molecule has 0 radical (unpaired) electrons. The van der Waals surface area contributed by atoms with Crippen LogP contribution in [0.25, 0.3) is 0 Å². The lowest BCUT2D eigenvalue weighted by Crippen LogP contribution is -2.45. The molecule has 0 aliphatic heterocycles. The van der Waals surface area contributed by atoms with E-state index in [0.29, 0.717) is 32.2 Å². The number of rotatable bonds is 10. The van der Waals surface area contributed by atoms with Crippen molar-refractivity contribution in [3.05, 3.63) is 0 Å². The highest BCUT2D eigenvalue weighted by Gasteiger charge is 2.28. The van der Waals surface area contributed by atoms with Crippen molar-refractivity contribution < 1.29 is 13.2 Å². The smallest absolute Gasteiger partial charge is 0.218 e. The fourth-order valence-corrected chi connectivity index (χ4v) is 3.33. The summed E-state index contributed by atoms with van der Waals surface area (Å²) < 4.78 is 31.6.